The van der Waals surface area contributed by atoms with E-state index in [-0.39, 0.29) is 29.2 Å². The molecule has 1 heterocycles. The van der Waals surface area contributed by atoms with Crippen LogP contribution in [0.25, 0.3) is 0 Å². The van der Waals surface area contributed by atoms with Crippen LogP contribution in [0.2, 0.25) is 5.02 Å². The van der Waals surface area contributed by atoms with Crippen LogP contribution < -0.4 is 5.32 Å². The summed E-state index contributed by atoms with van der Waals surface area (Å²) in [6, 6.07) is 2.09. The smallest absolute Gasteiger partial charge is 0.160 e. The second-order valence-electron chi connectivity index (χ2n) is 5.81. The van der Waals surface area contributed by atoms with E-state index in [0.29, 0.717) is 18.0 Å². The molecule has 1 N–H and O–H groups in total. The van der Waals surface area contributed by atoms with Crippen LogP contribution in [0.5, 0.6) is 0 Å². The van der Waals surface area contributed by atoms with E-state index in [4.69, 9.17) is 16.3 Å². The van der Waals surface area contributed by atoms with Crippen LogP contribution in [0.1, 0.15) is 39.3 Å². The van der Waals surface area contributed by atoms with Gasteiger partial charge in [-0.2, -0.15) is 0 Å². The van der Waals surface area contributed by atoms with E-state index in [2.05, 4.69) is 12.2 Å². The van der Waals surface area contributed by atoms with Crippen LogP contribution in [-0.4, -0.2) is 18.8 Å². The molecule has 1 aromatic rings. The quantitative estimate of drug-likeness (QED) is 0.835. The van der Waals surface area contributed by atoms with E-state index in [9.17, 15) is 8.78 Å². The van der Waals surface area contributed by atoms with Crippen LogP contribution in [0.3, 0.4) is 0 Å². The molecule has 118 valence electrons. The number of rotatable bonds is 4. The minimum Gasteiger partial charge on any atom is -0.375 e. The zero-order chi connectivity index (χ0) is 15.7. The Balaban J connectivity index is 2.42. The van der Waals surface area contributed by atoms with Crippen molar-refractivity contribution in [2.45, 2.75) is 45.9 Å². The fourth-order valence-electron chi connectivity index (χ4n) is 3.32. The second-order valence-corrected chi connectivity index (χ2v) is 6.21. The van der Waals surface area contributed by atoms with Gasteiger partial charge in [0.2, 0.25) is 0 Å². The Labute approximate surface area is 129 Å². The van der Waals surface area contributed by atoms with Crippen molar-refractivity contribution < 1.29 is 13.5 Å². The summed E-state index contributed by atoms with van der Waals surface area (Å²) in [5, 5.41) is 3.61. The third-order valence-corrected chi connectivity index (χ3v) is 4.83. The highest BCUT2D eigenvalue weighted by molar-refractivity contribution is 6.31. The van der Waals surface area contributed by atoms with Crippen LogP contribution in [0.4, 0.5) is 8.78 Å². The van der Waals surface area contributed by atoms with E-state index in [1.165, 1.54) is 6.07 Å². The van der Waals surface area contributed by atoms with E-state index in [0.717, 1.165) is 6.07 Å². The van der Waals surface area contributed by atoms with E-state index >= 15 is 0 Å². The van der Waals surface area contributed by atoms with Gasteiger partial charge in [-0.05, 0) is 44.0 Å². The van der Waals surface area contributed by atoms with Crippen molar-refractivity contribution in [1.29, 1.82) is 0 Å². The van der Waals surface area contributed by atoms with Gasteiger partial charge in [0.15, 0.2) is 11.6 Å². The first kappa shape index (κ1) is 16.7. The number of halogens is 3. The number of hydrogen-bond donors (Lipinski definition) is 1. The van der Waals surface area contributed by atoms with Gasteiger partial charge in [0.1, 0.15) is 0 Å². The summed E-state index contributed by atoms with van der Waals surface area (Å²) in [6.07, 6.45) is 0.165. The average Bonchev–Trinajstić information content (AvgIpc) is 2.66. The standard InChI is InChI=1S/C16H22ClF2NO/c1-5-20-16(15-8(2)9(3)21-10(15)4)11-6-13(18)14(19)7-12(11)17/h6-10,15-16,20H,5H2,1-4H3. The first-order valence-corrected chi connectivity index (χ1v) is 7.77. The topological polar surface area (TPSA) is 21.3 Å². The highest BCUT2D eigenvalue weighted by Crippen LogP contribution is 2.42. The molecule has 1 aliphatic rings. The Morgan fingerprint density at radius 1 is 1.19 bits per heavy atom. The van der Waals surface area contributed by atoms with Crippen molar-refractivity contribution in [2.24, 2.45) is 11.8 Å². The largest absolute Gasteiger partial charge is 0.375 e. The third-order valence-electron chi connectivity index (χ3n) is 4.50. The molecule has 1 fully saturated rings. The first-order chi connectivity index (χ1) is 9.86. The van der Waals surface area contributed by atoms with Crippen molar-refractivity contribution in [3.8, 4) is 0 Å². The molecule has 1 saturated heterocycles. The molecule has 5 heteroatoms. The van der Waals surface area contributed by atoms with Crippen LogP contribution in [-0.2, 0) is 4.74 Å². The Hall–Kier alpha value is -0.710. The molecule has 1 aromatic carbocycles. The summed E-state index contributed by atoms with van der Waals surface area (Å²) in [6.45, 7) is 8.87. The van der Waals surface area contributed by atoms with Crippen LogP contribution >= 0.6 is 11.6 Å². The average molecular weight is 318 g/mol. The minimum atomic E-state index is -0.920. The van der Waals surface area contributed by atoms with Crippen molar-refractivity contribution in [2.75, 3.05) is 6.54 Å². The molecule has 0 aliphatic carbocycles. The van der Waals surface area contributed by atoms with Gasteiger partial charge in [-0.25, -0.2) is 8.78 Å². The maximum absolute atomic E-state index is 13.6. The molecular formula is C16H22ClF2NO. The predicted octanol–water partition coefficient (Wildman–Crippen LogP) is 4.33. The van der Waals surface area contributed by atoms with Gasteiger partial charge in [0.25, 0.3) is 0 Å². The monoisotopic (exact) mass is 317 g/mol. The summed E-state index contributed by atoms with van der Waals surface area (Å²) >= 11 is 6.15. The zero-order valence-electron chi connectivity index (χ0n) is 12.8. The lowest BCUT2D eigenvalue weighted by atomic mass is 9.80. The summed E-state index contributed by atoms with van der Waals surface area (Å²) in [4.78, 5) is 0. The Morgan fingerprint density at radius 2 is 1.81 bits per heavy atom. The molecule has 0 aromatic heterocycles. The molecule has 0 amide bonds. The molecule has 1 aliphatic heterocycles. The third kappa shape index (κ3) is 3.22. The molecule has 2 nitrogen and oxygen atoms in total. The van der Waals surface area contributed by atoms with Gasteiger partial charge < -0.3 is 10.1 Å². The van der Waals surface area contributed by atoms with Crippen LogP contribution in [0.15, 0.2) is 12.1 Å². The highest BCUT2D eigenvalue weighted by Gasteiger charge is 2.42. The maximum Gasteiger partial charge on any atom is 0.160 e. The minimum absolute atomic E-state index is 0.0308. The van der Waals surface area contributed by atoms with E-state index in [1.807, 2.05) is 20.8 Å². The first-order valence-electron chi connectivity index (χ1n) is 7.40. The molecule has 5 atom stereocenters. The van der Waals surface area contributed by atoms with E-state index < -0.39 is 11.6 Å². The molecule has 0 radical (unpaired) electrons. The molecule has 21 heavy (non-hydrogen) atoms. The molecule has 0 bridgehead atoms. The maximum atomic E-state index is 13.6. The number of benzene rings is 1. The molecule has 0 spiro atoms. The molecular weight excluding hydrogens is 296 g/mol. The SMILES string of the molecule is CCNC(c1cc(F)c(F)cc1Cl)C1C(C)OC(C)C1C. The zero-order valence-corrected chi connectivity index (χ0v) is 13.5. The normalized spacial score (nSPS) is 30.6. The Kier molecular flexibility index (Phi) is 5.23. The molecule has 5 unspecified atom stereocenters. The number of hydrogen-bond acceptors (Lipinski definition) is 2. The summed E-state index contributed by atoms with van der Waals surface area (Å²) in [7, 11) is 0. The van der Waals surface area contributed by atoms with Gasteiger partial charge >= 0.3 is 0 Å². The van der Waals surface area contributed by atoms with Gasteiger partial charge in [0, 0.05) is 17.0 Å². The van der Waals surface area contributed by atoms with Gasteiger partial charge in [-0.15, -0.1) is 0 Å². The Morgan fingerprint density at radius 3 is 2.33 bits per heavy atom. The van der Waals surface area contributed by atoms with Crippen LogP contribution in [0, 0.1) is 23.5 Å². The van der Waals surface area contributed by atoms with Crippen molar-refractivity contribution in [3.63, 3.8) is 0 Å². The summed E-state index contributed by atoms with van der Waals surface area (Å²) in [5.74, 6) is -1.34. The Bertz CT molecular complexity index is 511. The van der Waals surface area contributed by atoms with Gasteiger partial charge in [0.05, 0.1) is 12.2 Å². The lowest BCUT2D eigenvalue weighted by Crippen LogP contribution is -2.35. The lowest BCUT2D eigenvalue weighted by molar-refractivity contribution is 0.0475. The van der Waals surface area contributed by atoms with Crippen molar-refractivity contribution in [1.82, 2.24) is 5.32 Å². The lowest BCUT2D eigenvalue weighted by Gasteiger charge is -2.30. The second kappa shape index (κ2) is 6.59. The fourth-order valence-corrected chi connectivity index (χ4v) is 3.59. The molecule has 2 rings (SSSR count). The van der Waals surface area contributed by atoms with Gasteiger partial charge in [-0.1, -0.05) is 25.4 Å². The predicted molar refractivity (Wildman–Crippen MR) is 80.4 cm³/mol. The van der Waals surface area contributed by atoms with E-state index in [1.54, 1.807) is 0 Å². The number of nitrogens with one attached hydrogen (secondary N) is 1. The summed E-state index contributed by atoms with van der Waals surface area (Å²) < 4.78 is 32.8. The van der Waals surface area contributed by atoms with Crippen molar-refractivity contribution in [3.05, 3.63) is 34.4 Å². The summed E-state index contributed by atoms with van der Waals surface area (Å²) in [5.41, 5.74) is 0.596. The highest BCUT2D eigenvalue weighted by atomic mass is 35.5. The molecule has 0 saturated carbocycles. The number of ether oxygens (including phenoxy) is 1. The van der Waals surface area contributed by atoms with Crippen molar-refractivity contribution >= 4 is 11.6 Å². The fraction of sp³-hybridized carbons (Fsp3) is 0.625. The van der Waals surface area contributed by atoms with Gasteiger partial charge in [-0.3, -0.25) is 0 Å².